The zero-order valence-corrected chi connectivity index (χ0v) is 11.6. The van der Waals surface area contributed by atoms with Gasteiger partial charge in [0.15, 0.2) is 5.82 Å². The highest BCUT2D eigenvalue weighted by Crippen LogP contribution is 2.15. The predicted octanol–water partition coefficient (Wildman–Crippen LogP) is 3.02. The van der Waals surface area contributed by atoms with Crippen molar-refractivity contribution in [1.82, 2.24) is 19.9 Å². The van der Waals surface area contributed by atoms with E-state index in [1.165, 1.54) is 16.8 Å². The molecule has 21 heavy (non-hydrogen) atoms. The van der Waals surface area contributed by atoms with Crippen molar-refractivity contribution in [2.75, 3.05) is 0 Å². The van der Waals surface area contributed by atoms with Crippen LogP contribution in [0.3, 0.4) is 0 Å². The van der Waals surface area contributed by atoms with Crippen LogP contribution >= 0.6 is 12.2 Å². The number of hydrogen-bond donors (Lipinski definition) is 1. The van der Waals surface area contributed by atoms with Gasteiger partial charge in [0, 0.05) is 18.0 Å². The van der Waals surface area contributed by atoms with E-state index >= 15 is 0 Å². The molecule has 0 amide bonds. The predicted molar refractivity (Wildman–Crippen MR) is 80.0 cm³/mol. The van der Waals surface area contributed by atoms with Gasteiger partial charge in [-0.25, -0.2) is 9.49 Å². The van der Waals surface area contributed by atoms with Crippen LogP contribution in [0, 0.1) is 10.6 Å². The van der Waals surface area contributed by atoms with Gasteiger partial charge in [0.1, 0.15) is 5.82 Å². The molecule has 0 atom stereocenters. The smallest absolute Gasteiger partial charge is 0.216 e. The largest absolute Gasteiger partial charge is 0.264 e. The summed E-state index contributed by atoms with van der Waals surface area (Å²) in [7, 11) is 0. The number of pyridine rings is 1. The summed E-state index contributed by atoms with van der Waals surface area (Å²) >= 11 is 5.16. The molecule has 0 aliphatic carbocycles. The van der Waals surface area contributed by atoms with E-state index in [2.05, 4.69) is 20.3 Å². The van der Waals surface area contributed by atoms with Crippen LogP contribution in [0.2, 0.25) is 0 Å². The fourth-order valence-corrected chi connectivity index (χ4v) is 1.93. The highest BCUT2D eigenvalue weighted by atomic mass is 32.1. The first-order chi connectivity index (χ1) is 10.2. The van der Waals surface area contributed by atoms with E-state index in [0.29, 0.717) is 10.6 Å². The van der Waals surface area contributed by atoms with Gasteiger partial charge in [0.2, 0.25) is 4.77 Å². The highest BCUT2D eigenvalue weighted by molar-refractivity contribution is 7.71. The third kappa shape index (κ3) is 2.92. The quantitative estimate of drug-likeness (QED) is 0.597. The van der Waals surface area contributed by atoms with Crippen molar-refractivity contribution in [1.29, 1.82) is 0 Å². The topological polar surface area (TPSA) is 58.9 Å². The van der Waals surface area contributed by atoms with Crippen molar-refractivity contribution >= 4 is 18.4 Å². The first-order valence-electron chi connectivity index (χ1n) is 6.12. The Hall–Kier alpha value is -2.67. The van der Waals surface area contributed by atoms with Crippen molar-refractivity contribution < 1.29 is 4.39 Å². The van der Waals surface area contributed by atoms with Crippen LogP contribution in [0.4, 0.5) is 4.39 Å². The molecule has 7 heteroatoms. The van der Waals surface area contributed by atoms with Crippen LogP contribution in [0.25, 0.3) is 11.4 Å². The van der Waals surface area contributed by atoms with E-state index in [4.69, 9.17) is 12.2 Å². The normalized spacial score (nSPS) is 11.1. The van der Waals surface area contributed by atoms with Gasteiger partial charge < -0.3 is 0 Å². The van der Waals surface area contributed by atoms with E-state index in [0.717, 1.165) is 11.1 Å². The molecule has 0 unspecified atom stereocenters. The molecule has 2 heterocycles. The molecule has 0 saturated heterocycles. The average Bonchev–Trinajstić information content (AvgIpc) is 2.89. The third-order valence-corrected chi connectivity index (χ3v) is 3.03. The second kappa shape index (κ2) is 5.76. The standard InChI is InChI=1S/C14H10FN5S/c15-12-5-3-10(4-6-12)8-17-20-13(18-19-14(20)21)11-2-1-7-16-9-11/h1-9H,(H,19,21)/b17-8+. The maximum absolute atomic E-state index is 12.9. The SMILES string of the molecule is Fc1ccc(/C=N/n2c(-c3cccnc3)n[nH]c2=S)cc1. The van der Waals surface area contributed by atoms with Gasteiger partial charge >= 0.3 is 0 Å². The van der Waals surface area contributed by atoms with Gasteiger partial charge in [-0.1, -0.05) is 12.1 Å². The molecule has 0 radical (unpaired) electrons. The minimum absolute atomic E-state index is 0.289. The number of aromatic amines is 1. The Labute approximate surface area is 124 Å². The van der Waals surface area contributed by atoms with Gasteiger partial charge in [0.25, 0.3) is 0 Å². The van der Waals surface area contributed by atoms with Crippen molar-refractivity contribution in [3.63, 3.8) is 0 Å². The van der Waals surface area contributed by atoms with E-state index in [-0.39, 0.29) is 5.82 Å². The fraction of sp³-hybridized carbons (Fsp3) is 0. The lowest BCUT2D eigenvalue weighted by molar-refractivity contribution is 0.628. The molecular weight excluding hydrogens is 289 g/mol. The van der Waals surface area contributed by atoms with E-state index in [1.54, 1.807) is 36.8 Å². The minimum atomic E-state index is -0.289. The summed E-state index contributed by atoms with van der Waals surface area (Å²) in [5, 5.41) is 11.1. The number of H-pyrrole nitrogens is 1. The van der Waals surface area contributed by atoms with E-state index in [1.807, 2.05) is 6.07 Å². The summed E-state index contributed by atoms with van der Waals surface area (Å²) < 4.78 is 14.7. The van der Waals surface area contributed by atoms with Crippen molar-refractivity contribution in [3.8, 4) is 11.4 Å². The molecule has 5 nitrogen and oxygen atoms in total. The Morgan fingerprint density at radius 1 is 1.24 bits per heavy atom. The second-order valence-corrected chi connectivity index (χ2v) is 4.59. The molecule has 3 rings (SSSR count). The van der Waals surface area contributed by atoms with Crippen LogP contribution in [0.1, 0.15) is 5.56 Å². The second-order valence-electron chi connectivity index (χ2n) is 4.20. The van der Waals surface area contributed by atoms with E-state index in [9.17, 15) is 4.39 Å². The van der Waals surface area contributed by atoms with Gasteiger partial charge in [-0.2, -0.15) is 14.9 Å². The summed E-state index contributed by atoms with van der Waals surface area (Å²) in [5.74, 6) is 0.273. The minimum Gasteiger partial charge on any atom is -0.264 e. The Morgan fingerprint density at radius 2 is 2.05 bits per heavy atom. The van der Waals surface area contributed by atoms with Crippen molar-refractivity contribution in [2.24, 2.45) is 5.10 Å². The molecule has 0 spiro atoms. The zero-order chi connectivity index (χ0) is 14.7. The van der Waals surface area contributed by atoms with Gasteiger partial charge in [0.05, 0.1) is 6.21 Å². The Morgan fingerprint density at radius 3 is 2.76 bits per heavy atom. The Balaban J connectivity index is 1.98. The zero-order valence-electron chi connectivity index (χ0n) is 10.8. The average molecular weight is 299 g/mol. The van der Waals surface area contributed by atoms with Crippen LogP contribution in [0.15, 0.2) is 53.9 Å². The lowest BCUT2D eigenvalue weighted by Gasteiger charge is -2.00. The number of halogens is 1. The number of nitrogens with zero attached hydrogens (tertiary/aromatic N) is 4. The van der Waals surface area contributed by atoms with Crippen LogP contribution < -0.4 is 0 Å². The molecule has 1 N–H and O–H groups in total. The van der Waals surface area contributed by atoms with Gasteiger partial charge in [-0.05, 0) is 42.0 Å². The summed E-state index contributed by atoms with van der Waals surface area (Å²) in [5.41, 5.74) is 1.55. The number of aromatic nitrogens is 4. The van der Waals surface area contributed by atoms with Gasteiger partial charge in [-0.15, -0.1) is 0 Å². The monoisotopic (exact) mass is 299 g/mol. The molecule has 0 bridgehead atoms. The molecule has 0 aliphatic heterocycles. The van der Waals surface area contributed by atoms with Crippen LogP contribution in [0.5, 0.6) is 0 Å². The lowest BCUT2D eigenvalue weighted by Crippen LogP contribution is -1.95. The molecular formula is C14H10FN5S. The van der Waals surface area contributed by atoms with Gasteiger partial charge in [-0.3, -0.25) is 4.98 Å². The fourth-order valence-electron chi connectivity index (χ4n) is 1.75. The third-order valence-electron chi connectivity index (χ3n) is 2.76. The summed E-state index contributed by atoms with van der Waals surface area (Å²) in [6, 6.07) is 9.68. The molecule has 0 fully saturated rings. The lowest BCUT2D eigenvalue weighted by atomic mass is 10.2. The van der Waals surface area contributed by atoms with E-state index < -0.39 is 0 Å². The molecule has 104 valence electrons. The summed E-state index contributed by atoms with van der Waals surface area (Å²) in [6.07, 6.45) is 4.94. The highest BCUT2D eigenvalue weighted by Gasteiger charge is 2.07. The maximum Gasteiger partial charge on any atom is 0.216 e. The number of rotatable bonds is 3. The molecule has 2 aromatic heterocycles. The van der Waals surface area contributed by atoms with Crippen LogP contribution in [-0.2, 0) is 0 Å². The molecule has 0 saturated carbocycles. The van der Waals surface area contributed by atoms with Crippen LogP contribution in [-0.4, -0.2) is 26.1 Å². The summed E-state index contributed by atoms with van der Waals surface area (Å²) in [4.78, 5) is 4.04. The Bertz CT molecular complexity index is 821. The first kappa shape index (κ1) is 13.3. The number of nitrogens with one attached hydrogen (secondary N) is 1. The maximum atomic E-state index is 12.9. The number of hydrogen-bond acceptors (Lipinski definition) is 4. The summed E-state index contributed by atoms with van der Waals surface area (Å²) in [6.45, 7) is 0. The Kier molecular flexibility index (Phi) is 3.65. The number of benzene rings is 1. The van der Waals surface area contributed by atoms with Crippen molar-refractivity contribution in [3.05, 3.63) is 64.9 Å². The first-order valence-corrected chi connectivity index (χ1v) is 6.52. The molecule has 1 aromatic carbocycles. The van der Waals surface area contributed by atoms with Crippen molar-refractivity contribution in [2.45, 2.75) is 0 Å². The molecule has 3 aromatic rings. The molecule has 0 aliphatic rings.